The molecule has 4 nitrogen and oxygen atoms in total. The SMILES string of the molecule is CSc1nc(N)[nH][n+]1C(C)C. The number of nitrogens with two attached hydrogens (primary N) is 1. The number of hydrogen-bond acceptors (Lipinski definition) is 3. The molecule has 1 aromatic rings. The van der Waals surface area contributed by atoms with Crippen LogP contribution in [0.3, 0.4) is 0 Å². The molecule has 0 aliphatic rings. The lowest BCUT2D eigenvalue weighted by Crippen LogP contribution is -2.40. The molecule has 0 aliphatic carbocycles. The number of nitrogens with zero attached hydrogens (tertiary/aromatic N) is 2. The molecule has 3 N–H and O–H groups in total. The predicted molar refractivity (Wildman–Crippen MR) is 45.4 cm³/mol. The van der Waals surface area contributed by atoms with Crippen molar-refractivity contribution in [2.24, 2.45) is 0 Å². The van der Waals surface area contributed by atoms with E-state index in [-0.39, 0.29) is 0 Å². The molecule has 0 saturated heterocycles. The minimum Gasteiger partial charge on any atom is -0.345 e. The Bertz CT molecular complexity index is 243. The molecule has 1 rings (SSSR count). The molecule has 0 bridgehead atoms. The first kappa shape index (κ1) is 8.39. The Labute approximate surface area is 70.2 Å². The zero-order valence-corrected chi connectivity index (χ0v) is 7.77. The van der Waals surface area contributed by atoms with Gasteiger partial charge in [-0.05, 0) is 31.9 Å². The van der Waals surface area contributed by atoms with Crippen molar-refractivity contribution < 1.29 is 4.68 Å². The highest BCUT2D eigenvalue weighted by Crippen LogP contribution is 2.08. The number of anilines is 1. The molecule has 0 fully saturated rings. The van der Waals surface area contributed by atoms with Crippen LogP contribution in [0.25, 0.3) is 0 Å². The third-order valence-electron chi connectivity index (χ3n) is 1.36. The van der Waals surface area contributed by atoms with Gasteiger partial charge >= 0.3 is 11.1 Å². The van der Waals surface area contributed by atoms with E-state index in [4.69, 9.17) is 5.73 Å². The van der Waals surface area contributed by atoms with Crippen LogP contribution in [-0.4, -0.2) is 16.3 Å². The van der Waals surface area contributed by atoms with E-state index in [1.54, 1.807) is 11.8 Å². The number of nitrogen functional groups attached to an aromatic ring is 1. The Hall–Kier alpha value is -0.710. The predicted octanol–water partition coefficient (Wildman–Crippen LogP) is 0.582. The molecule has 0 amide bonds. The molecule has 0 spiro atoms. The largest absolute Gasteiger partial charge is 0.382 e. The fourth-order valence-electron chi connectivity index (χ4n) is 0.847. The summed E-state index contributed by atoms with van der Waals surface area (Å²) in [6, 6.07) is 0.377. The second kappa shape index (κ2) is 3.13. The van der Waals surface area contributed by atoms with Crippen molar-refractivity contribution in [1.29, 1.82) is 0 Å². The lowest BCUT2D eigenvalue weighted by molar-refractivity contribution is -0.801. The van der Waals surface area contributed by atoms with Gasteiger partial charge in [-0.2, -0.15) is 5.10 Å². The summed E-state index contributed by atoms with van der Waals surface area (Å²) >= 11 is 1.59. The van der Waals surface area contributed by atoms with E-state index in [9.17, 15) is 0 Å². The number of thioether (sulfide) groups is 1. The lowest BCUT2D eigenvalue weighted by Gasteiger charge is -1.98. The first-order valence-corrected chi connectivity index (χ1v) is 4.68. The molecule has 11 heavy (non-hydrogen) atoms. The quantitative estimate of drug-likeness (QED) is 0.508. The molecule has 0 saturated carbocycles. The van der Waals surface area contributed by atoms with Gasteiger partial charge in [0.15, 0.2) is 0 Å². The molecule has 1 aromatic heterocycles. The van der Waals surface area contributed by atoms with Crippen LogP contribution in [0.15, 0.2) is 5.16 Å². The Balaban J connectivity index is 3.02. The normalized spacial score (nSPS) is 10.9. The molecule has 0 unspecified atom stereocenters. The van der Waals surface area contributed by atoms with Gasteiger partial charge in [-0.25, -0.2) is 0 Å². The lowest BCUT2D eigenvalue weighted by atomic mass is 10.4. The van der Waals surface area contributed by atoms with Crippen LogP contribution in [0.4, 0.5) is 5.95 Å². The van der Waals surface area contributed by atoms with Crippen molar-refractivity contribution in [3.63, 3.8) is 0 Å². The van der Waals surface area contributed by atoms with E-state index in [1.165, 1.54) is 0 Å². The van der Waals surface area contributed by atoms with Crippen molar-refractivity contribution in [3.05, 3.63) is 0 Å². The summed E-state index contributed by atoms with van der Waals surface area (Å²) in [4.78, 5) is 4.10. The second-order valence-corrected chi connectivity index (χ2v) is 3.33. The summed E-state index contributed by atoms with van der Waals surface area (Å²) in [6.07, 6.45) is 1.98. The van der Waals surface area contributed by atoms with E-state index < -0.39 is 0 Å². The fraction of sp³-hybridized carbons (Fsp3) is 0.667. The number of rotatable bonds is 2. The molecule has 0 aliphatic heterocycles. The van der Waals surface area contributed by atoms with Crippen LogP contribution in [0.2, 0.25) is 0 Å². The van der Waals surface area contributed by atoms with Crippen molar-refractivity contribution in [2.75, 3.05) is 12.0 Å². The highest BCUT2D eigenvalue weighted by atomic mass is 32.2. The Morgan fingerprint density at radius 2 is 2.27 bits per heavy atom. The van der Waals surface area contributed by atoms with Crippen LogP contribution in [0.1, 0.15) is 19.9 Å². The average Bonchev–Trinajstić information content (AvgIpc) is 2.30. The molecule has 0 radical (unpaired) electrons. The van der Waals surface area contributed by atoms with E-state index in [0.29, 0.717) is 12.0 Å². The van der Waals surface area contributed by atoms with Gasteiger partial charge in [-0.1, -0.05) is 0 Å². The highest BCUT2D eigenvalue weighted by molar-refractivity contribution is 7.98. The summed E-state index contributed by atoms with van der Waals surface area (Å²) in [7, 11) is 0. The van der Waals surface area contributed by atoms with Crippen molar-refractivity contribution >= 4 is 17.7 Å². The monoisotopic (exact) mass is 173 g/mol. The van der Waals surface area contributed by atoms with Gasteiger partial charge in [-0.15, -0.1) is 4.68 Å². The first-order valence-electron chi connectivity index (χ1n) is 3.46. The molecular formula is C6H13N4S+. The van der Waals surface area contributed by atoms with Gasteiger partial charge in [-0.3, -0.25) is 0 Å². The topological polar surface area (TPSA) is 58.6 Å². The number of nitrogens with one attached hydrogen (secondary N) is 1. The zero-order valence-electron chi connectivity index (χ0n) is 6.96. The number of hydrogen-bond donors (Lipinski definition) is 2. The molecular weight excluding hydrogens is 160 g/mol. The van der Waals surface area contributed by atoms with Crippen molar-refractivity contribution in [3.8, 4) is 0 Å². The summed E-state index contributed by atoms with van der Waals surface area (Å²) in [6.45, 7) is 4.16. The Morgan fingerprint density at radius 1 is 1.64 bits per heavy atom. The van der Waals surface area contributed by atoms with Gasteiger partial charge in [0.25, 0.3) is 0 Å². The Kier molecular flexibility index (Phi) is 2.38. The maximum atomic E-state index is 5.49. The minimum absolute atomic E-state index is 0.377. The maximum Gasteiger partial charge on any atom is 0.382 e. The summed E-state index contributed by atoms with van der Waals surface area (Å²) in [5, 5.41) is 3.89. The van der Waals surface area contributed by atoms with Crippen LogP contribution < -0.4 is 10.4 Å². The molecule has 0 atom stereocenters. The van der Waals surface area contributed by atoms with Crippen LogP contribution in [0.5, 0.6) is 0 Å². The van der Waals surface area contributed by atoms with E-state index in [2.05, 4.69) is 23.9 Å². The highest BCUT2D eigenvalue weighted by Gasteiger charge is 2.18. The number of aromatic nitrogens is 3. The van der Waals surface area contributed by atoms with E-state index >= 15 is 0 Å². The summed E-state index contributed by atoms with van der Waals surface area (Å²) in [5.41, 5.74) is 5.49. The number of H-pyrrole nitrogens is 1. The van der Waals surface area contributed by atoms with Gasteiger partial charge < -0.3 is 5.73 Å². The van der Waals surface area contributed by atoms with Gasteiger partial charge in [0.1, 0.15) is 6.04 Å². The van der Waals surface area contributed by atoms with Crippen LogP contribution in [-0.2, 0) is 0 Å². The van der Waals surface area contributed by atoms with Crippen molar-refractivity contribution in [2.45, 2.75) is 25.0 Å². The van der Waals surface area contributed by atoms with Crippen molar-refractivity contribution in [1.82, 2.24) is 10.1 Å². The maximum absolute atomic E-state index is 5.49. The average molecular weight is 173 g/mol. The van der Waals surface area contributed by atoms with Gasteiger partial charge in [0, 0.05) is 4.98 Å². The van der Waals surface area contributed by atoms with Gasteiger partial charge in [0.05, 0.1) is 0 Å². The van der Waals surface area contributed by atoms with Gasteiger partial charge in [0.2, 0.25) is 0 Å². The fourth-order valence-corrected chi connectivity index (χ4v) is 1.49. The second-order valence-electron chi connectivity index (χ2n) is 2.56. The van der Waals surface area contributed by atoms with Crippen LogP contribution in [0, 0.1) is 0 Å². The third kappa shape index (κ3) is 1.65. The van der Waals surface area contributed by atoms with E-state index in [0.717, 1.165) is 5.16 Å². The van der Waals surface area contributed by atoms with E-state index in [1.807, 2.05) is 10.9 Å². The van der Waals surface area contributed by atoms with Crippen LogP contribution >= 0.6 is 11.8 Å². The third-order valence-corrected chi connectivity index (χ3v) is 2.01. The summed E-state index contributed by atoms with van der Waals surface area (Å²) < 4.78 is 1.94. The molecule has 62 valence electrons. The first-order chi connectivity index (χ1) is 5.15. The molecule has 0 aromatic carbocycles. The smallest absolute Gasteiger partial charge is 0.345 e. The Morgan fingerprint density at radius 3 is 2.64 bits per heavy atom. The zero-order chi connectivity index (χ0) is 8.43. The minimum atomic E-state index is 0.377. The summed E-state index contributed by atoms with van der Waals surface area (Å²) in [5.74, 6) is 0.475. The molecule has 1 heterocycles. The molecule has 5 heteroatoms. The standard InChI is InChI=1S/C6H12N4S/c1-4(2)10-6(11-3)8-5(7)9-10/h4H,1-3H3,(H2,7,9)/p+1. The number of aromatic amines is 1.